The highest BCUT2D eigenvalue weighted by atomic mass is 16.5. The van der Waals surface area contributed by atoms with Crippen LogP contribution < -0.4 is 18.9 Å². The lowest BCUT2D eigenvalue weighted by Gasteiger charge is -2.18. The molecule has 1 N–H and O–H groups in total. The van der Waals surface area contributed by atoms with Crippen LogP contribution in [0.2, 0.25) is 0 Å². The van der Waals surface area contributed by atoms with Crippen LogP contribution in [0.3, 0.4) is 0 Å². The van der Waals surface area contributed by atoms with Crippen molar-refractivity contribution in [3.63, 3.8) is 0 Å². The zero-order chi connectivity index (χ0) is 23.8. The van der Waals surface area contributed by atoms with Gasteiger partial charge in [-0.15, -0.1) is 0 Å². The highest BCUT2D eigenvalue weighted by molar-refractivity contribution is 6.13. The summed E-state index contributed by atoms with van der Waals surface area (Å²) in [4.78, 5) is 24.3. The van der Waals surface area contributed by atoms with Crippen LogP contribution in [-0.4, -0.2) is 39.3 Å². The molecule has 33 heavy (non-hydrogen) atoms. The summed E-state index contributed by atoms with van der Waals surface area (Å²) in [7, 11) is 4.32. The zero-order valence-corrected chi connectivity index (χ0v) is 18.5. The number of carbonyl (C=O) groups is 2. The molecular weight excluding hydrogens is 427 g/mol. The van der Waals surface area contributed by atoms with E-state index in [2.05, 4.69) is 0 Å². The number of benzene rings is 3. The molecule has 0 radical (unpaired) electrons. The molecule has 0 heterocycles. The van der Waals surface area contributed by atoms with E-state index in [0.29, 0.717) is 11.5 Å². The predicted octanol–water partition coefficient (Wildman–Crippen LogP) is 3.26. The van der Waals surface area contributed by atoms with Crippen LogP contribution in [0.1, 0.15) is 31.8 Å². The highest BCUT2D eigenvalue weighted by Crippen LogP contribution is 2.36. The first-order chi connectivity index (χ1) is 16.0. The Bertz CT molecular complexity index is 1110. The molecule has 0 saturated heterocycles. The minimum atomic E-state index is -1.29. The van der Waals surface area contributed by atoms with E-state index in [4.69, 9.17) is 23.6 Å². The summed E-state index contributed by atoms with van der Waals surface area (Å²) in [6, 6.07) is 17.2. The average Bonchev–Trinajstić information content (AvgIpc) is 2.85. The Morgan fingerprint density at radius 2 is 1.30 bits per heavy atom. The maximum atomic E-state index is 12.5. The summed E-state index contributed by atoms with van der Waals surface area (Å²) in [5.74, 6) is -0.527. The number of carboxylic acids is 1. The molecule has 3 rings (SSSR count). The topological polar surface area (TPSA) is 101 Å². The van der Waals surface area contributed by atoms with Crippen molar-refractivity contribution >= 4 is 20.0 Å². The van der Waals surface area contributed by atoms with Gasteiger partial charge < -0.3 is 28.7 Å². The fraction of sp³-hybridized carbons (Fsp3) is 0.167. The second-order valence-corrected chi connectivity index (χ2v) is 6.89. The van der Waals surface area contributed by atoms with Crippen molar-refractivity contribution in [3.8, 4) is 23.0 Å². The van der Waals surface area contributed by atoms with Gasteiger partial charge in [0.05, 0.1) is 19.8 Å². The summed E-state index contributed by atoms with van der Waals surface area (Å²) in [6.45, 7) is 0.228. The Morgan fingerprint density at radius 1 is 0.788 bits per heavy atom. The van der Waals surface area contributed by atoms with Crippen molar-refractivity contribution in [1.29, 1.82) is 0 Å². The number of hydrogen-bond donors (Lipinski definition) is 1. The Kier molecular flexibility index (Phi) is 7.80. The second-order valence-electron chi connectivity index (χ2n) is 6.89. The van der Waals surface area contributed by atoms with Crippen LogP contribution in [0, 0.1) is 0 Å². The van der Waals surface area contributed by atoms with Gasteiger partial charge in [-0.05, 0) is 47.5 Å². The molecule has 3 aromatic rings. The van der Waals surface area contributed by atoms with Crippen molar-refractivity contribution in [3.05, 3.63) is 82.9 Å². The third-order valence-electron chi connectivity index (χ3n) is 4.84. The molecule has 0 unspecified atom stereocenters. The van der Waals surface area contributed by atoms with Gasteiger partial charge in [0.2, 0.25) is 0 Å². The van der Waals surface area contributed by atoms with E-state index in [9.17, 15) is 14.7 Å². The van der Waals surface area contributed by atoms with Gasteiger partial charge in [0.25, 0.3) is 0 Å². The Balaban J connectivity index is 1.93. The average molecular weight is 450 g/mol. The molecule has 3 aromatic carbocycles. The smallest absolute Gasteiger partial charge is 0.336 e. The quantitative estimate of drug-likeness (QED) is 0.470. The van der Waals surface area contributed by atoms with Crippen molar-refractivity contribution in [2.24, 2.45) is 0 Å². The number of methoxy groups -OCH3 is 2. The molecule has 170 valence electrons. The number of rotatable bonds is 10. The Labute approximate surface area is 192 Å². The lowest BCUT2D eigenvalue weighted by atomic mass is 10.1. The van der Waals surface area contributed by atoms with Gasteiger partial charge in [-0.2, -0.15) is 0 Å². The summed E-state index contributed by atoms with van der Waals surface area (Å²) < 4.78 is 27.0. The largest absolute Gasteiger partial charge is 0.540 e. The first-order valence-corrected chi connectivity index (χ1v) is 9.97. The molecule has 9 heteroatoms. The third-order valence-corrected chi connectivity index (χ3v) is 4.84. The van der Waals surface area contributed by atoms with Crippen LogP contribution >= 0.6 is 0 Å². The van der Waals surface area contributed by atoms with Crippen molar-refractivity contribution in [2.75, 3.05) is 14.2 Å². The maximum absolute atomic E-state index is 12.5. The normalized spacial score (nSPS) is 10.2. The van der Waals surface area contributed by atoms with Crippen LogP contribution in [0.15, 0.2) is 60.7 Å². The maximum Gasteiger partial charge on any atom is 0.336 e. The summed E-state index contributed by atoms with van der Waals surface area (Å²) in [6.07, 6.45) is 0. The van der Waals surface area contributed by atoms with Gasteiger partial charge in [0.1, 0.15) is 30.3 Å². The Hall–Kier alpha value is -4.14. The molecule has 0 aliphatic carbocycles. The van der Waals surface area contributed by atoms with Gasteiger partial charge in [-0.3, -0.25) is 0 Å². The summed E-state index contributed by atoms with van der Waals surface area (Å²) >= 11 is 0. The molecule has 0 saturated carbocycles. The zero-order valence-electron chi connectivity index (χ0n) is 18.5. The monoisotopic (exact) mass is 450 g/mol. The second kappa shape index (κ2) is 10.9. The van der Waals surface area contributed by atoms with E-state index in [-0.39, 0.29) is 35.8 Å². The molecule has 0 aliphatic heterocycles. The van der Waals surface area contributed by atoms with Gasteiger partial charge in [0.15, 0.2) is 11.5 Å². The van der Waals surface area contributed by atoms with Crippen LogP contribution in [0.5, 0.6) is 23.0 Å². The summed E-state index contributed by atoms with van der Waals surface area (Å²) in [5.41, 5.74) is 1.17. The lowest BCUT2D eigenvalue weighted by Crippen LogP contribution is -2.14. The van der Waals surface area contributed by atoms with Crippen LogP contribution in [0.4, 0.5) is 0 Å². The minimum Gasteiger partial charge on any atom is -0.540 e. The standard InChI is InChI=1S/C24H23BO8/c1-29-17-7-3-15(4-8-17)13-31-20-12-11-19(23(26)27)21(24(28)33-25)22(20)32-14-16-5-9-18(30-2)10-6-16/h3-12H,13-14,25H2,1-2H3,(H,26,27). The van der Waals surface area contributed by atoms with E-state index in [1.54, 1.807) is 50.6 Å². The molecule has 0 spiro atoms. The summed E-state index contributed by atoms with van der Waals surface area (Å²) in [5, 5.41) is 9.60. The SMILES string of the molecule is BOC(=O)c1c(C(=O)O)ccc(OCc2ccc(OC)cc2)c1OCc1ccc(OC)cc1. The molecular formula is C24H23BO8. The lowest BCUT2D eigenvalue weighted by molar-refractivity contribution is 0.0668. The van der Waals surface area contributed by atoms with E-state index in [0.717, 1.165) is 11.1 Å². The third kappa shape index (κ3) is 5.76. The highest BCUT2D eigenvalue weighted by Gasteiger charge is 2.26. The van der Waals surface area contributed by atoms with E-state index < -0.39 is 11.9 Å². The Morgan fingerprint density at radius 3 is 1.76 bits per heavy atom. The van der Waals surface area contributed by atoms with E-state index in [1.807, 2.05) is 12.1 Å². The van der Waals surface area contributed by atoms with Gasteiger partial charge in [0, 0.05) is 0 Å². The molecule has 0 aliphatic rings. The number of carbonyl (C=O) groups excluding carboxylic acids is 1. The van der Waals surface area contributed by atoms with Crippen molar-refractivity contribution in [2.45, 2.75) is 13.2 Å². The molecule has 0 bridgehead atoms. The first-order valence-electron chi connectivity index (χ1n) is 9.97. The van der Waals surface area contributed by atoms with Gasteiger partial charge >= 0.3 is 20.0 Å². The van der Waals surface area contributed by atoms with Gasteiger partial charge in [-0.1, -0.05) is 24.3 Å². The van der Waals surface area contributed by atoms with Crippen molar-refractivity contribution < 1.29 is 38.3 Å². The minimum absolute atomic E-state index is 0.00826. The van der Waals surface area contributed by atoms with Gasteiger partial charge in [-0.25, -0.2) is 9.59 Å². The van der Waals surface area contributed by atoms with Crippen LogP contribution in [-0.2, 0) is 17.9 Å². The van der Waals surface area contributed by atoms with E-state index >= 15 is 0 Å². The molecule has 0 atom stereocenters. The fourth-order valence-electron chi connectivity index (χ4n) is 3.06. The number of ether oxygens (including phenoxy) is 4. The van der Waals surface area contributed by atoms with Crippen LogP contribution in [0.25, 0.3) is 0 Å². The predicted molar refractivity (Wildman–Crippen MR) is 122 cm³/mol. The first kappa shape index (κ1) is 23.5. The van der Waals surface area contributed by atoms with E-state index in [1.165, 1.54) is 20.2 Å². The number of carboxylic acid groups (broad SMARTS) is 1. The number of hydrogen-bond acceptors (Lipinski definition) is 7. The molecule has 0 aromatic heterocycles. The van der Waals surface area contributed by atoms with Crippen molar-refractivity contribution in [1.82, 2.24) is 0 Å². The molecule has 0 amide bonds. The fourth-order valence-corrected chi connectivity index (χ4v) is 3.06. The molecule has 0 fully saturated rings. The molecule has 8 nitrogen and oxygen atoms in total. The number of aromatic carboxylic acids is 1.